The molecule has 13 heteroatoms. The predicted molar refractivity (Wildman–Crippen MR) is 138 cm³/mol. The molecule has 13 nitrogen and oxygen atoms in total. The van der Waals surface area contributed by atoms with Crippen LogP contribution in [0.25, 0.3) is 0 Å². The molecule has 2 aromatic carbocycles. The number of aliphatic hydroxyl groups excluding tert-OH is 2. The number of phenols is 1. The minimum absolute atomic E-state index is 0.0301. The van der Waals surface area contributed by atoms with Crippen LogP contribution in [0.5, 0.6) is 28.7 Å². The summed E-state index contributed by atoms with van der Waals surface area (Å²) >= 11 is 0. The minimum atomic E-state index is -1.44. The molecule has 3 fully saturated rings. The van der Waals surface area contributed by atoms with Gasteiger partial charge in [-0.25, -0.2) is 0 Å². The zero-order chi connectivity index (χ0) is 29.3. The summed E-state index contributed by atoms with van der Waals surface area (Å²) in [6, 6.07) is 6.93. The lowest BCUT2D eigenvalue weighted by Gasteiger charge is -2.47. The molecule has 0 radical (unpaired) electrons. The van der Waals surface area contributed by atoms with Gasteiger partial charge in [0.05, 0.1) is 39.5 Å². The van der Waals surface area contributed by atoms with Crippen molar-refractivity contribution in [3.63, 3.8) is 0 Å². The summed E-state index contributed by atoms with van der Waals surface area (Å²) in [6.45, 7) is 1.93. The zero-order valence-corrected chi connectivity index (χ0v) is 23.1. The number of hydrogen-bond acceptors (Lipinski definition) is 13. The fourth-order valence-electron chi connectivity index (χ4n) is 6.74. The number of carbonyl (C=O) groups excluding carboxylic acids is 1. The van der Waals surface area contributed by atoms with E-state index in [9.17, 15) is 20.1 Å². The molecule has 6 unspecified atom stereocenters. The molecule has 0 aromatic heterocycles. The fraction of sp³-hybridized carbons (Fsp3) is 0.552. The van der Waals surface area contributed by atoms with Crippen LogP contribution < -0.4 is 18.9 Å². The summed E-state index contributed by atoms with van der Waals surface area (Å²) in [5.74, 6) is -1.02. The maximum absolute atomic E-state index is 13.4. The Labute approximate surface area is 240 Å². The van der Waals surface area contributed by atoms with Crippen molar-refractivity contribution in [3.8, 4) is 28.7 Å². The van der Waals surface area contributed by atoms with Crippen molar-refractivity contribution in [2.75, 3.05) is 34.2 Å². The van der Waals surface area contributed by atoms with E-state index in [-0.39, 0.29) is 37.3 Å². The van der Waals surface area contributed by atoms with E-state index in [4.69, 9.17) is 42.6 Å². The van der Waals surface area contributed by atoms with Gasteiger partial charge in [-0.2, -0.15) is 0 Å². The molecular formula is C29H32O13. The SMILES string of the molecule is COc1cc([C@@H]2c3cc4c(cc3[C@H](OC3OC5COC(C)OC5C(O)C3O)[C@H]3COC(=O)[C@H]23)OCO4)cc(OC)c1O. The first-order valence-corrected chi connectivity index (χ1v) is 13.8. The predicted octanol–water partition coefficient (Wildman–Crippen LogP) is 1.34. The lowest BCUT2D eigenvalue weighted by molar-refractivity contribution is -0.364. The Hall–Kier alpha value is -3.33. The van der Waals surface area contributed by atoms with Gasteiger partial charge in [-0.15, -0.1) is 0 Å². The van der Waals surface area contributed by atoms with Crippen molar-refractivity contribution in [1.29, 1.82) is 0 Å². The number of carbonyl (C=O) groups is 1. The van der Waals surface area contributed by atoms with Gasteiger partial charge in [0, 0.05) is 11.8 Å². The Morgan fingerprint density at radius 1 is 0.881 bits per heavy atom. The first-order chi connectivity index (χ1) is 20.3. The molecule has 0 spiro atoms. The molecule has 5 aliphatic rings. The summed E-state index contributed by atoms with van der Waals surface area (Å²) in [5.41, 5.74) is 2.01. The molecule has 10 atom stereocenters. The third-order valence-electron chi connectivity index (χ3n) is 8.75. The first kappa shape index (κ1) is 27.5. The molecular weight excluding hydrogens is 556 g/mol. The third kappa shape index (κ3) is 4.26. The van der Waals surface area contributed by atoms with Gasteiger partial charge in [0.2, 0.25) is 12.5 Å². The van der Waals surface area contributed by atoms with Gasteiger partial charge >= 0.3 is 5.97 Å². The van der Waals surface area contributed by atoms with Crippen molar-refractivity contribution < 1.29 is 62.7 Å². The van der Waals surface area contributed by atoms with E-state index in [1.807, 2.05) is 0 Å². The molecule has 4 heterocycles. The number of cyclic esters (lactones) is 1. The molecule has 2 aromatic rings. The Morgan fingerprint density at radius 2 is 1.57 bits per heavy atom. The molecule has 4 aliphatic heterocycles. The molecule has 3 saturated heterocycles. The van der Waals surface area contributed by atoms with Crippen molar-refractivity contribution in [2.45, 2.75) is 55.9 Å². The smallest absolute Gasteiger partial charge is 0.310 e. The summed E-state index contributed by atoms with van der Waals surface area (Å²) in [4.78, 5) is 13.4. The number of rotatable bonds is 5. The summed E-state index contributed by atoms with van der Waals surface area (Å²) < 4.78 is 51.5. The Kier molecular flexibility index (Phi) is 6.83. The van der Waals surface area contributed by atoms with Gasteiger partial charge in [0.25, 0.3) is 0 Å². The van der Waals surface area contributed by atoms with Crippen molar-refractivity contribution >= 4 is 5.97 Å². The molecule has 42 heavy (non-hydrogen) atoms. The maximum Gasteiger partial charge on any atom is 0.310 e. The van der Waals surface area contributed by atoms with Crippen LogP contribution in [0.1, 0.15) is 35.6 Å². The molecule has 3 N–H and O–H groups in total. The van der Waals surface area contributed by atoms with Gasteiger partial charge < -0.3 is 58.0 Å². The van der Waals surface area contributed by atoms with E-state index in [0.29, 0.717) is 28.2 Å². The second kappa shape index (κ2) is 10.4. The maximum atomic E-state index is 13.4. The van der Waals surface area contributed by atoms with Crippen LogP contribution in [0.15, 0.2) is 24.3 Å². The standard InChI is InChI=1S/C29H32O13/c1-11-36-9-20-27(40-11)24(31)25(32)29(41-20)42-26-14-7-17-16(38-10-39-17)6-13(14)21(22-15(26)8-37-28(22)33)12-4-18(34-2)23(30)19(5-12)35-3/h4-7,11,15,20-22,24-27,29-32H,8-10H2,1-3H3/t11?,15-,20?,21+,22-,24?,25?,26-,27?,29?/m0/s1. The highest BCUT2D eigenvalue weighted by atomic mass is 16.8. The van der Waals surface area contributed by atoms with Gasteiger partial charge in [0.15, 0.2) is 35.6 Å². The van der Waals surface area contributed by atoms with Crippen LogP contribution >= 0.6 is 0 Å². The number of methoxy groups -OCH3 is 2. The Bertz CT molecular complexity index is 1350. The van der Waals surface area contributed by atoms with E-state index in [1.54, 1.807) is 31.2 Å². The molecule has 226 valence electrons. The molecule has 0 bridgehead atoms. The van der Waals surface area contributed by atoms with Crippen LogP contribution in [-0.2, 0) is 28.5 Å². The van der Waals surface area contributed by atoms with Crippen LogP contribution in [-0.4, -0.2) is 92.5 Å². The van der Waals surface area contributed by atoms with Crippen LogP contribution in [0.4, 0.5) is 0 Å². The number of aliphatic hydroxyl groups is 2. The molecule has 1 aliphatic carbocycles. The highest BCUT2D eigenvalue weighted by molar-refractivity contribution is 5.79. The Balaban J connectivity index is 1.32. The zero-order valence-electron chi connectivity index (χ0n) is 23.1. The highest BCUT2D eigenvalue weighted by Crippen LogP contribution is 2.57. The van der Waals surface area contributed by atoms with E-state index >= 15 is 0 Å². The Morgan fingerprint density at radius 3 is 2.26 bits per heavy atom. The molecule has 0 amide bonds. The van der Waals surface area contributed by atoms with E-state index < -0.39 is 66.8 Å². The van der Waals surface area contributed by atoms with E-state index in [0.717, 1.165) is 0 Å². The largest absolute Gasteiger partial charge is 0.502 e. The van der Waals surface area contributed by atoms with Gasteiger partial charge in [-0.05, 0) is 47.9 Å². The quantitative estimate of drug-likeness (QED) is 0.430. The molecule has 7 rings (SSSR count). The number of esters is 1. The molecule has 0 saturated carbocycles. The van der Waals surface area contributed by atoms with E-state index in [2.05, 4.69) is 0 Å². The lowest BCUT2D eigenvalue weighted by Crippen LogP contribution is -2.63. The van der Waals surface area contributed by atoms with Gasteiger partial charge in [-0.1, -0.05) is 0 Å². The van der Waals surface area contributed by atoms with E-state index in [1.165, 1.54) is 14.2 Å². The van der Waals surface area contributed by atoms with Crippen molar-refractivity contribution in [3.05, 3.63) is 41.0 Å². The number of phenolic OH excluding ortho intramolecular Hbond substituents is 1. The second-order valence-electron chi connectivity index (χ2n) is 11.0. The topological polar surface area (TPSA) is 161 Å². The van der Waals surface area contributed by atoms with Crippen molar-refractivity contribution in [2.24, 2.45) is 11.8 Å². The monoisotopic (exact) mass is 588 g/mol. The van der Waals surface area contributed by atoms with Crippen molar-refractivity contribution in [1.82, 2.24) is 0 Å². The number of ether oxygens (including phenoxy) is 9. The summed E-state index contributed by atoms with van der Waals surface area (Å²) in [5, 5.41) is 32.5. The minimum Gasteiger partial charge on any atom is -0.502 e. The van der Waals surface area contributed by atoms with Crippen LogP contribution in [0.2, 0.25) is 0 Å². The average Bonchev–Trinajstić information content (AvgIpc) is 3.61. The second-order valence-corrected chi connectivity index (χ2v) is 11.0. The number of benzene rings is 2. The lowest BCUT2D eigenvalue weighted by atomic mass is 9.66. The van der Waals surface area contributed by atoms with Crippen LogP contribution in [0, 0.1) is 11.8 Å². The summed E-state index contributed by atoms with van der Waals surface area (Å²) in [7, 11) is 2.86. The first-order valence-electron chi connectivity index (χ1n) is 13.8. The number of aromatic hydroxyl groups is 1. The van der Waals surface area contributed by atoms with Gasteiger partial charge in [0.1, 0.15) is 24.4 Å². The normalized spacial score (nSPS) is 36.5. The van der Waals surface area contributed by atoms with Gasteiger partial charge in [-0.3, -0.25) is 4.79 Å². The van der Waals surface area contributed by atoms with Crippen LogP contribution in [0.3, 0.4) is 0 Å². The number of fused-ring (bicyclic) bond motifs is 4. The third-order valence-corrected chi connectivity index (χ3v) is 8.75. The number of hydrogen-bond donors (Lipinski definition) is 3. The highest BCUT2D eigenvalue weighted by Gasteiger charge is 2.56. The average molecular weight is 589 g/mol. The summed E-state index contributed by atoms with van der Waals surface area (Å²) in [6.07, 6.45) is -6.80. The fourth-order valence-corrected chi connectivity index (χ4v) is 6.74.